The van der Waals surface area contributed by atoms with Crippen LogP contribution in [0.3, 0.4) is 0 Å². The number of nitrogens with zero attached hydrogens (tertiary/aromatic N) is 5. The Bertz CT molecular complexity index is 892. The van der Waals surface area contributed by atoms with Crippen LogP contribution in [0.15, 0.2) is 49.2 Å². The van der Waals surface area contributed by atoms with Gasteiger partial charge in [-0.15, -0.1) is 29.9 Å². The topological polar surface area (TPSA) is 89.7 Å². The first-order valence-electron chi connectivity index (χ1n) is 9.23. The van der Waals surface area contributed by atoms with Gasteiger partial charge in [-0.05, 0) is 37.1 Å². The molecule has 1 saturated heterocycles. The Morgan fingerprint density at radius 2 is 1.93 bits per heavy atom. The van der Waals surface area contributed by atoms with Gasteiger partial charge < -0.3 is 15.2 Å². The fraction of sp³-hybridized carbons (Fsp3) is 0.368. The van der Waals surface area contributed by atoms with Gasteiger partial charge in [-0.3, -0.25) is 4.79 Å². The number of hydrogen-bond donors (Lipinski definition) is 2. The lowest BCUT2D eigenvalue weighted by atomic mass is 10.1. The van der Waals surface area contributed by atoms with E-state index in [1.807, 2.05) is 33.6 Å². The zero-order chi connectivity index (χ0) is 18.5. The molecule has 1 amide bonds. The standard InChI is InChI=1S/C19H23N7O.2ClH/c27-19(18-13-26(24-23-18)17-5-7-20-8-6-17)22-11-15-3-1-2-4-16(15)12-25-10-9-21-14-25;;/h1-4,9-10,13-14,17,20H,5-8,11-12H2,(H,22,27);2*1H. The number of amides is 1. The minimum atomic E-state index is -0.201. The summed E-state index contributed by atoms with van der Waals surface area (Å²) in [5.41, 5.74) is 2.58. The monoisotopic (exact) mass is 437 g/mol. The smallest absolute Gasteiger partial charge is 0.273 e. The van der Waals surface area contributed by atoms with Crippen LogP contribution >= 0.6 is 24.8 Å². The van der Waals surface area contributed by atoms with E-state index in [1.165, 1.54) is 0 Å². The number of aromatic nitrogens is 5. The lowest BCUT2D eigenvalue weighted by molar-refractivity contribution is 0.0945. The van der Waals surface area contributed by atoms with Crippen molar-refractivity contribution in [3.63, 3.8) is 0 Å². The van der Waals surface area contributed by atoms with Gasteiger partial charge in [0.15, 0.2) is 5.69 Å². The third-order valence-corrected chi connectivity index (χ3v) is 4.90. The van der Waals surface area contributed by atoms with Gasteiger partial charge in [-0.25, -0.2) is 9.67 Å². The van der Waals surface area contributed by atoms with E-state index in [0.29, 0.717) is 18.3 Å². The summed E-state index contributed by atoms with van der Waals surface area (Å²) in [5.74, 6) is -0.201. The molecule has 8 nitrogen and oxygen atoms in total. The molecular weight excluding hydrogens is 413 g/mol. The maximum atomic E-state index is 12.5. The average molecular weight is 438 g/mol. The molecule has 3 aromatic rings. The predicted molar refractivity (Wildman–Crippen MR) is 115 cm³/mol. The third kappa shape index (κ3) is 5.79. The summed E-state index contributed by atoms with van der Waals surface area (Å²) in [6, 6.07) is 8.39. The van der Waals surface area contributed by atoms with Crippen LogP contribution in [0.25, 0.3) is 0 Å². The molecule has 29 heavy (non-hydrogen) atoms. The summed E-state index contributed by atoms with van der Waals surface area (Å²) in [5, 5.41) is 14.5. The van der Waals surface area contributed by atoms with Gasteiger partial charge in [-0.2, -0.15) is 0 Å². The Balaban J connectivity index is 0.00000150. The van der Waals surface area contributed by atoms with E-state index < -0.39 is 0 Å². The molecular formula is C19H25Cl2N7O. The van der Waals surface area contributed by atoms with Crippen LogP contribution in [0.5, 0.6) is 0 Å². The number of imidazole rings is 1. The fourth-order valence-electron chi connectivity index (χ4n) is 3.36. The van der Waals surface area contributed by atoms with E-state index in [9.17, 15) is 4.79 Å². The number of halogens is 2. The number of carbonyl (C=O) groups excluding carboxylic acids is 1. The largest absolute Gasteiger partial charge is 0.347 e. The molecule has 4 rings (SSSR count). The number of benzene rings is 1. The number of carbonyl (C=O) groups is 1. The molecule has 156 valence electrons. The van der Waals surface area contributed by atoms with E-state index in [4.69, 9.17) is 0 Å². The van der Waals surface area contributed by atoms with Crippen molar-refractivity contribution in [2.45, 2.75) is 32.0 Å². The molecule has 0 aliphatic carbocycles. The molecule has 2 N–H and O–H groups in total. The van der Waals surface area contributed by atoms with Gasteiger partial charge in [0.05, 0.1) is 18.6 Å². The normalized spacial score (nSPS) is 13.9. The summed E-state index contributed by atoms with van der Waals surface area (Å²) in [7, 11) is 0. The zero-order valence-electron chi connectivity index (χ0n) is 15.9. The highest BCUT2D eigenvalue weighted by atomic mass is 35.5. The molecule has 1 aromatic carbocycles. The summed E-state index contributed by atoms with van der Waals surface area (Å²) in [6.45, 7) is 3.11. The number of nitrogens with one attached hydrogen (secondary N) is 2. The van der Waals surface area contributed by atoms with Gasteiger partial charge in [0.2, 0.25) is 0 Å². The molecule has 0 atom stereocenters. The maximum absolute atomic E-state index is 12.5. The summed E-state index contributed by atoms with van der Waals surface area (Å²) < 4.78 is 3.83. The zero-order valence-corrected chi connectivity index (χ0v) is 17.5. The molecule has 0 bridgehead atoms. The van der Waals surface area contributed by atoms with Crippen LogP contribution in [0.1, 0.15) is 40.5 Å². The fourth-order valence-corrected chi connectivity index (χ4v) is 3.36. The van der Waals surface area contributed by atoms with Crippen LogP contribution in [0.4, 0.5) is 0 Å². The predicted octanol–water partition coefficient (Wildman–Crippen LogP) is 2.22. The number of piperidine rings is 1. The van der Waals surface area contributed by atoms with Crippen LogP contribution in [-0.2, 0) is 13.1 Å². The minimum Gasteiger partial charge on any atom is -0.347 e. The molecule has 3 heterocycles. The lowest BCUT2D eigenvalue weighted by Crippen LogP contribution is -2.29. The van der Waals surface area contributed by atoms with Crippen LogP contribution < -0.4 is 10.6 Å². The van der Waals surface area contributed by atoms with Gasteiger partial charge in [-0.1, -0.05) is 29.5 Å². The first kappa shape index (κ1) is 22.9. The quantitative estimate of drug-likeness (QED) is 0.616. The third-order valence-electron chi connectivity index (χ3n) is 4.90. The first-order chi connectivity index (χ1) is 13.3. The molecule has 2 aromatic heterocycles. The Hall–Kier alpha value is -2.42. The van der Waals surface area contributed by atoms with E-state index >= 15 is 0 Å². The Kier molecular flexibility index (Phi) is 8.63. The van der Waals surface area contributed by atoms with Gasteiger partial charge >= 0.3 is 0 Å². The second kappa shape index (κ2) is 10.9. The van der Waals surface area contributed by atoms with Crippen molar-refractivity contribution in [2.75, 3.05) is 13.1 Å². The highest BCUT2D eigenvalue weighted by Crippen LogP contribution is 2.17. The van der Waals surface area contributed by atoms with Crippen molar-refractivity contribution in [1.29, 1.82) is 0 Å². The van der Waals surface area contributed by atoms with Crippen molar-refractivity contribution in [3.8, 4) is 0 Å². The summed E-state index contributed by atoms with van der Waals surface area (Å²) in [4.78, 5) is 16.6. The number of rotatable bonds is 6. The van der Waals surface area contributed by atoms with E-state index in [-0.39, 0.29) is 30.7 Å². The van der Waals surface area contributed by atoms with Crippen molar-refractivity contribution < 1.29 is 4.79 Å². The lowest BCUT2D eigenvalue weighted by Gasteiger charge is -2.22. The van der Waals surface area contributed by atoms with E-state index in [1.54, 1.807) is 18.7 Å². The Labute approximate surface area is 181 Å². The molecule has 1 aliphatic heterocycles. The average Bonchev–Trinajstić information content (AvgIpc) is 3.40. The van der Waals surface area contributed by atoms with Gasteiger partial charge in [0, 0.05) is 25.5 Å². The molecule has 10 heteroatoms. The van der Waals surface area contributed by atoms with Gasteiger partial charge in [0.25, 0.3) is 5.91 Å². The molecule has 0 spiro atoms. The SMILES string of the molecule is Cl.Cl.O=C(NCc1ccccc1Cn1ccnc1)c1cn(C2CCNCC2)nn1. The second-order valence-corrected chi connectivity index (χ2v) is 6.75. The van der Waals surface area contributed by atoms with Crippen molar-refractivity contribution in [3.05, 3.63) is 66.0 Å². The minimum absolute atomic E-state index is 0. The first-order valence-corrected chi connectivity index (χ1v) is 9.23. The second-order valence-electron chi connectivity index (χ2n) is 6.75. The highest BCUT2D eigenvalue weighted by molar-refractivity contribution is 5.91. The van der Waals surface area contributed by atoms with E-state index in [0.717, 1.165) is 43.6 Å². The number of hydrogen-bond acceptors (Lipinski definition) is 5. The van der Waals surface area contributed by atoms with Gasteiger partial charge in [0.1, 0.15) is 0 Å². The van der Waals surface area contributed by atoms with Crippen molar-refractivity contribution in [2.24, 2.45) is 0 Å². The molecule has 1 fully saturated rings. The van der Waals surface area contributed by atoms with Crippen LogP contribution in [-0.4, -0.2) is 43.5 Å². The summed E-state index contributed by atoms with van der Waals surface area (Å²) in [6.07, 6.45) is 9.24. The van der Waals surface area contributed by atoms with Crippen molar-refractivity contribution >= 4 is 30.7 Å². The molecule has 0 saturated carbocycles. The Morgan fingerprint density at radius 3 is 2.66 bits per heavy atom. The summed E-state index contributed by atoms with van der Waals surface area (Å²) >= 11 is 0. The van der Waals surface area contributed by atoms with E-state index in [2.05, 4.69) is 32.0 Å². The maximum Gasteiger partial charge on any atom is 0.273 e. The Morgan fingerprint density at radius 1 is 1.17 bits per heavy atom. The molecule has 0 radical (unpaired) electrons. The van der Waals surface area contributed by atoms with Crippen molar-refractivity contribution in [1.82, 2.24) is 35.2 Å². The van der Waals surface area contributed by atoms with Crippen LogP contribution in [0.2, 0.25) is 0 Å². The highest BCUT2D eigenvalue weighted by Gasteiger charge is 2.18. The van der Waals surface area contributed by atoms with Crippen LogP contribution in [0, 0.1) is 0 Å². The molecule has 0 unspecified atom stereocenters. The molecule has 1 aliphatic rings.